The molecule has 0 aliphatic carbocycles. The maximum absolute atomic E-state index is 11.3. The third-order valence-corrected chi connectivity index (χ3v) is 3.69. The van der Waals surface area contributed by atoms with Crippen LogP contribution in [0.1, 0.15) is 13.8 Å². The molecule has 1 aliphatic heterocycles. The van der Waals surface area contributed by atoms with Gasteiger partial charge in [-0.1, -0.05) is 0 Å². The summed E-state index contributed by atoms with van der Waals surface area (Å²) in [7, 11) is -3.94. The molecule has 6 nitrogen and oxygen atoms in total. The number of hydrogen-bond acceptors (Lipinski definition) is 4. The van der Waals surface area contributed by atoms with E-state index >= 15 is 0 Å². The molecule has 0 spiro atoms. The number of amides is 1. The number of hydrogen-bond donors (Lipinski definition) is 2. The fraction of sp³-hybridized carbons (Fsp3) is 0.833. The number of nitrogens with zero attached hydrogens (tertiary/aromatic N) is 1. The minimum atomic E-state index is -3.94. The summed E-state index contributed by atoms with van der Waals surface area (Å²) in [4.78, 5) is 20.4. The topological polar surface area (TPSA) is 92.9 Å². The van der Waals surface area contributed by atoms with Crippen molar-refractivity contribution in [2.75, 3.05) is 6.61 Å². The van der Waals surface area contributed by atoms with Gasteiger partial charge in [0.25, 0.3) is 5.91 Å². The van der Waals surface area contributed by atoms with E-state index in [2.05, 4.69) is 4.52 Å². The van der Waals surface area contributed by atoms with Crippen LogP contribution in [-0.2, 0) is 13.9 Å². The van der Waals surface area contributed by atoms with Gasteiger partial charge in [0.15, 0.2) is 0 Å². The predicted octanol–water partition coefficient (Wildman–Crippen LogP) is -0.319. The lowest BCUT2D eigenvalue weighted by atomic mass is 10.0. The Morgan fingerprint density at radius 3 is 2.69 bits per heavy atom. The van der Waals surface area contributed by atoms with Crippen molar-refractivity contribution >= 4 is 13.7 Å². The highest BCUT2D eigenvalue weighted by molar-refractivity contribution is 7.51. The van der Waals surface area contributed by atoms with Crippen LogP contribution in [0.3, 0.4) is 0 Å². The van der Waals surface area contributed by atoms with Gasteiger partial charge in [-0.2, -0.15) is 0 Å². The standard InChI is InChI=1S/C6H13N2O4P/c1-3-12-13(10,11)8-4(2)5(7)6(8)9/h4-5H,3,7H2,1-2H3,(H,10,11)/t4-,5-/m0/s1. The van der Waals surface area contributed by atoms with E-state index in [0.29, 0.717) is 0 Å². The molecule has 1 amide bonds. The zero-order valence-electron chi connectivity index (χ0n) is 7.51. The van der Waals surface area contributed by atoms with E-state index in [1.807, 2.05) is 0 Å². The molecule has 1 fully saturated rings. The van der Waals surface area contributed by atoms with Crippen molar-refractivity contribution in [3.63, 3.8) is 0 Å². The van der Waals surface area contributed by atoms with Crippen molar-refractivity contribution in [2.45, 2.75) is 25.9 Å². The average molecular weight is 208 g/mol. The Morgan fingerprint density at radius 1 is 1.77 bits per heavy atom. The Kier molecular flexibility index (Phi) is 2.77. The van der Waals surface area contributed by atoms with Gasteiger partial charge in [-0.05, 0) is 13.8 Å². The molecule has 3 N–H and O–H groups in total. The predicted molar refractivity (Wildman–Crippen MR) is 45.7 cm³/mol. The normalized spacial score (nSPS) is 32.6. The number of β-lactam (4-membered cyclic amide) rings is 1. The molecule has 0 aromatic heterocycles. The first-order valence-corrected chi connectivity index (χ1v) is 5.51. The lowest BCUT2D eigenvalue weighted by Crippen LogP contribution is -2.65. The van der Waals surface area contributed by atoms with Crippen molar-refractivity contribution in [1.82, 2.24) is 4.67 Å². The van der Waals surface area contributed by atoms with Gasteiger partial charge in [0.2, 0.25) is 0 Å². The highest BCUT2D eigenvalue weighted by Crippen LogP contribution is 2.51. The first-order chi connectivity index (χ1) is 5.91. The van der Waals surface area contributed by atoms with Crippen LogP contribution in [0.25, 0.3) is 0 Å². The molecule has 0 aromatic rings. The summed E-state index contributed by atoms with van der Waals surface area (Å²) in [6.45, 7) is 3.27. The molecule has 13 heavy (non-hydrogen) atoms. The van der Waals surface area contributed by atoms with Crippen molar-refractivity contribution in [1.29, 1.82) is 0 Å². The van der Waals surface area contributed by atoms with Crippen molar-refractivity contribution < 1.29 is 18.8 Å². The number of carbonyl (C=O) groups excluding carboxylic acids is 1. The lowest BCUT2D eigenvalue weighted by Gasteiger charge is -2.43. The average Bonchev–Trinajstić information content (AvgIpc) is 2.03. The van der Waals surface area contributed by atoms with Gasteiger partial charge in [0.05, 0.1) is 12.6 Å². The van der Waals surface area contributed by atoms with Crippen LogP contribution < -0.4 is 5.73 Å². The van der Waals surface area contributed by atoms with E-state index in [9.17, 15) is 14.3 Å². The molecule has 1 unspecified atom stereocenters. The molecular weight excluding hydrogens is 195 g/mol. The Morgan fingerprint density at radius 2 is 2.31 bits per heavy atom. The van der Waals surface area contributed by atoms with Gasteiger partial charge in [0, 0.05) is 0 Å². The monoisotopic (exact) mass is 208 g/mol. The Hall–Kier alpha value is -0.420. The van der Waals surface area contributed by atoms with E-state index < -0.39 is 25.7 Å². The van der Waals surface area contributed by atoms with Gasteiger partial charge in [-0.15, -0.1) is 0 Å². The molecule has 1 saturated heterocycles. The third kappa shape index (κ3) is 1.62. The zero-order chi connectivity index (χ0) is 10.2. The second-order valence-corrected chi connectivity index (χ2v) is 4.53. The van der Waals surface area contributed by atoms with E-state index in [-0.39, 0.29) is 6.61 Å². The van der Waals surface area contributed by atoms with E-state index in [1.165, 1.54) is 0 Å². The smallest absolute Gasteiger partial charge is 0.318 e. The maximum Gasteiger partial charge on any atom is 0.435 e. The molecule has 0 radical (unpaired) electrons. The second kappa shape index (κ2) is 3.38. The van der Waals surface area contributed by atoms with Crippen LogP contribution in [0.2, 0.25) is 0 Å². The Labute approximate surface area is 76.2 Å². The molecule has 7 heteroatoms. The molecular formula is C6H13N2O4P. The van der Waals surface area contributed by atoms with Crippen LogP contribution >= 0.6 is 7.75 Å². The first-order valence-electron chi connectivity index (χ1n) is 3.98. The van der Waals surface area contributed by atoms with Crippen LogP contribution in [0.4, 0.5) is 0 Å². The fourth-order valence-corrected chi connectivity index (χ4v) is 2.66. The zero-order valence-corrected chi connectivity index (χ0v) is 8.40. The lowest BCUT2D eigenvalue weighted by molar-refractivity contribution is -0.141. The largest absolute Gasteiger partial charge is 0.435 e. The van der Waals surface area contributed by atoms with E-state index in [1.54, 1.807) is 13.8 Å². The summed E-state index contributed by atoms with van der Waals surface area (Å²) < 4.78 is 16.7. The summed E-state index contributed by atoms with van der Waals surface area (Å²) in [5.74, 6) is -0.535. The van der Waals surface area contributed by atoms with Crippen LogP contribution in [0.15, 0.2) is 0 Å². The van der Waals surface area contributed by atoms with E-state index in [0.717, 1.165) is 4.67 Å². The van der Waals surface area contributed by atoms with Gasteiger partial charge in [-0.3, -0.25) is 9.32 Å². The summed E-state index contributed by atoms with van der Waals surface area (Å²) in [6.07, 6.45) is 0. The molecule has 76 valence electrons. The molecule has 0 saturated carbocycles. The van der Waals surface area contributed by atoms with Crippen molar-refractivity contribution in [3.05, 3.63) is 0 Å². The highest BCUT2D eigenvalue weighted by atomic mass is 31.2. The fourth-order valence-electron chi connectivity index (χ4n) is 1.21. The summed E-state index contributed by atoms with van der Waals surface area (Å²) in [5, 5.41) is 0. The minimum absolute atomic E-state index is 0.0829. The summed E-state index contributed by atoms with van der Waals surface area (Å²) >= 11 is 0. The minimum Gasteiger partial charge on any atom is -0.318 e. The van der Waals surface area contributed by atoms with Crippen LogP contribution in [-0.4, -0.2) is 34.2 Å². The molecule has 0 aromatic carbocycles. The Bertz CT molecular complexity index is 269. The summed E-state index contributed by atoms with van der Waals surface area (Å²) in [6, 6.07) is -1.11. The number of carbonyl (C=O) groups is 1. The van der Waals surface area contributed by atoms with Gasteiger partial charge in [-0.25, -0.2) is 9.24 Å². The van der Waals surface area contributed by atoms with Crippen molar-refractivity contribution in [3.8, 4) is 0 Å². The quantitative estimate of drug-likeness (QED) is 0.489. The van der Waals surface area contributed by atoms with Gasteiger partial charge >= 0.3 is 7.75 Å². The second-order valence-electron chi connectivity index (χ2n) is 2.86. The van der Waals surface area contributed by atoms with Crippen molar-refractivity contribution in [2.24, 2.45) is 5.73 Å². The number of nitrogens with two attached hydrogens (primary N) is 1. The van der Waals surface area contributed by atoms with E-state index in [4.69, 9.17) is 5.73 Å². The molecule has 1 heterocycles. The van der Waals surface area contributed by atoms with Crippen LogP contribution in [0.5, 0.6) is 0 Å². The maximum atomic E-state index is 11.3. The molecule has 3 atom stereocenters. The van der Waals surface area contributed by atoms with Gasteiger partial charge in [0.1, 0.15) is 6.04 Å². The number of rotatable bonds is 3. The summed E-state index contributed by atoms with van der Waals surface area (Å²) in [5.41, 5.74) is 5.37. The molecule has 1 rings (SSSR count). The Balaban J connectivity index is 2.74. The van der Waals surface area contributed by atoms with Gasteiger partial charge < -0.3 is 10.6 Å². The SMILES string of the molecule is CCOP(=O)(O)N1C(=O)[C@@H](N)[C@@H]1C. The first kappa shape index (κ1) is 10.7. The third-order valence-electron chi connectivity index (χ3n) is 1.99. The molecule has 1 aliphatic rings. The molecule has 0 bridgehead atoms. The highest BCUT2D eigenvalue weighted by Gasteiger charge is 2.51. The van der Waals surface area contributed by atoms with Crippen LogP contribution in [0, 0.1) is 0 Å².